The predicted octanol–water partition coefficient (Wildman–Crippen LogP) is 3.91. The highest BCUT2D eigenvalue weighted by molar-refractivity contribution is 5.94. The third-order valence-electron chi connectivity index (χ3n) is 3.15. The quantitative estimate of drug-likeness (QED) is 0.616. The Bertz CT molecular complexity index is 818. The number of hydrogen-bond donors (Lipinski definition) is 0. The van der Waals surface area contributed by atoms with E-state index in [1.54, 1.807) is 31.2 Å². The summed E-state index contributed by atoms with van der Waals surface area (Å²) in [7, 11) is 0. The molecule has 3 rings (SSSR count). The van der Waals surface area contributed by atoms with Gasteiger partial charge in [-0.05, 0) is 30.7 Å². The van der Waals surface area contributed by atoms with E-state index in [0.29, 0.717) is 16.7 Å². The SMILES string of the molecule is Cc1c(-c2cccc(F)c2)c2ccccc2oc1=O. The largest absolute Gasteiger partial charge is 0.422 e. The summed E-state index contributed by atoms with van der Waals surface area (Å²) in [4.78, 5) is 11.9. The topological polar surface area (TPSA) is 30.2 Å². The third-order valence-corrected chi connectivity index (χ3v) is 3.15. The average molecular weight is 254 g/mol. The Morgan fingerprint density at radius 2 is 1.84 bits per heavy atom. The molecule has 0 bridgehead atoms. The van der Waals surface area contributed by atoms with E-state index in [4.69, 9.17) is 4.42 Å². The van der Waals surface area contributed by atoms with Crippen LogP contribution in [0.1, 0.15) is 5.56 Å². The number of fused-ring (bicyclic) bond motifs is 1. The summed E-state index contributed by atoms with van der Waals surface area (Å²) >= 11 is 0. The molecule has 94 valence electrons. The van der Waals surface area contributed by atoms with Crippen molar-refractivity contribution in [1.29, 1.82) is 0 Å². The molecule has 0 fully saturated rings. The minimum absolute atomic E-state index is 0.325. The molecule has 0 aliphatic carbocycles. The van der Waals surface area contributed by atoms with E-state index in [1.165, 1.54) is 12.1 Å². The lowest BCUT2D eigenvalue weighted by molar-refractivity contribution is 0.556. The van der Waals surface area contributed by atoms with Crippen LogP contribution >= 0.6 is 0 Å². The van der Waals surface area contributed by atoms with Crippen molar-refractivity contribution in [3.05, 3.63) is 70.3 Å². The van der Waals surface area contributed by atoms with Gasteiger partial charge in [0.05, 0.1) is 0 Å². The second-order valence-electron chi connectivity index (χ2n) is 4.40. The maximum atomic E-state index is 13.4. The lowest BCUT2D eigenvalue weighted by Gasteiger charge is -2.09. The van der Waals surface area contributed by atoms with Crippen LogP contribution in [0.15, 0.2) is 57.7 Å². The highest BCUT2D eigenvalue weighted by atomic mass is 19.1. The molecule has 2 nitrogen and oxygen atoms in total. The molecular weight excluding hydrogens is 243 g/mol. The fourth-order valence-electron chi connectivity index (χ4n) is 2.26. The van der Waals surface area contributed by atoms with E-state index in [2.05, 4.69) is 0 Å². The van der Waals surface area contributed by atoms with Gasteiger partial charge in [-0.25, -0.2) is 9.18 Å². The van der Waals surface area contributed by atoms with Crippen molar-refractivity contribution >= 4 is 11.0 Å². The molecular formula is C16H11FO2. The first-order valence-electron chi connectivity index (χ1n) is 5.95. The van der Waals surface area contributed by atoms with Crippen LogP contribution < -0.4 is 5.63 Å². The monoisotopic (exact) mass is 254 g/mol. The van der Waals surface area contributed by atoms with Crippen LogP contribution in [0.3, 0.4) is 0 Å². The Balaban J connectivity index is 2.45. The molecule has 0 radical (unpaired) electrons. The van der Waals surface area contributed by atoms with Crippen LogP contribution in [-0.2, 0) is 0 Å². The highest BCUT2D eigenvalue weighted by Gasteiger charge is 2.12. The number of hydrogen-bond acceptors (Lipinski definition) is 2. The Morgan fingerprint density at radius 1 is 1.05 bits per heavy atom. The molecule has 1 aromatic heterocycles. The Hall–Kier alpha value is -2.42. The molecule has 2 aromatic carbocycles. The van der Waals surface area contributed by atoms with Gasteiger partial charge in [-0.2, -0.15) is 0 Å². The van der Waals surface area contributed by atoms with Gasteiger partial charge in [-0.3, -0.25) is 0 Å². The van der Waals surface area contributed by atoms with E-state index in [0.717, 1.165) is 10.9 Å². The van der Waals surface area contributed by atoms with Crippen molar-refractivity contribution in [1.82, 2.24) is 0 Å². The maximum absolute atomic E-state index is 13.4. The molecule has 0 saturated heterocycles. The van der Waals surface area contributed by atoms with Crippen LogP contribution in [0.25, 0.3) is 22.1 Å². The fourth-order valence-corrected chi connectivity index (χ4v) is 2.26. The summed E-state index contributed by atoms with van der Waals surface area (Å²) in [6, 6.07) is 13.5. The van der Waals surface area contributed by atoms with Gasteiger partial charge in [-0.15, -0.1) is 0 Å². The minimum Gasteiger partial charge on any atom is -0.422 e. The van der Waals surface area contributed by atoms with E-state index in [1.807, 2.05) is 12.1 Å². The zero-order valence-electron chi connectivity index (χ0n) is 10.3. The lowest BCUT2D eigenvalue weighted by Crippen LogP contribution is -2.05. The van der Waals surface area contributed by atoms with Gasteiger partial charge in [0.25, 0.3) is 0 Å². The first-order valence-corrected chi connectivity index (χ1v) is 5.95. The van der Waals surface area contributed by atoms with E-state index < -0.39 is 5.63 Å². The first-order chi connectivity index (χ1) is 9.16. The van der Waals surface area contributed by atoms with Crippen molar-refractivity contribution in [3.8, 4) is 11.1 Å². The number of halogens is 1. The van der Waals surface area contributed by atoms with Gasteiger partial charge in [0, 0.05) is 16.5 Å². The second-order valence-corrected chi connectivity index (χ2v) is 4.40. The molecule has 0 spiro atoms. The molecule has 0 aliphatic heterocycles. The highest BCUT2D eigenvalue weighted by Crippen LogP contribution is 2.30. The molecule has 0 amide bonds. The van der Waals surface area contributed by atoms with Crippen LogP contribution in [0.4, 0.5) is 4.39 Å². The zero-order chi connectivity index (χ0) is 13.4. The number of benzene rings is 2. The van der Waals surface area contributed by atoms with Crippen LogP contribution in [0.2, 0.25) is 0 Å². The van der Waals surface area contributed by atoms with Crippen molar-refractivity contribution in [2.75, 3.05) is 0 Å². The summed E-state index contributed by atoms with van der Waals surface area (Å²) in [5, 5.41) is 0.810. The summed E-state index contributed by atoms with van der Waals surface area (Å²) in [5.41, 5.74) is 2.02. The molecule has 3 heteroatoms. The van der Waals surface area contributed by atoms with Gasteiger partial charge >= 0.3 is 5.63 Å². The standard InChI is InChI=1S/C16H11FO2/c1-10-15(11-5-4-6-12(17)9-11)13-7-2-3-8-14(13)19-16(10)18/h2-9H,1H3. The second kappa shape index (κ2) is 4.35. The molecule has 3 aromatic rings. The Kier molecular flexibility index (Phi) is 2.67. The van der Waals surface area contributed by atoms with Crippen LogP contribution in [-0.4, -0.2) is 0 Å². The molecule has 0 saturated carbocycles. The molecule has 0 unspecified atom stereocenters. The van der Waals surface area contributed by atoms with E-state index in [9.17, 15) is 9.18 Å². The minimum atomic E-state index is -0.391. The van der Waals surface area contributed by atoms with Gasteiger partial charge in [0.1, 0.15) is 11.4 Å². The summed E-state index contributed by atoms with van der Waals surface area (Å²) in [5.74, 6) is -0.325. The van der Waals surface area contributed by atoms with Gasteiger partial charge in [0.2, 0.25) is 0 Å². The normalized spacial score (nSPS) is 10.8. The Morgan fingerprint density at radius 3 is 2.63 bits per heavy atom. The zero-order valence-corrected chi connectivity index (χ0v) is 10.3. The van der Waals surface area contributed by atoms with Crippen molar-refractivity contribution in [3.63, 3.8) is 0 Å². The van der Waals surface area contributed by atoms with Gasteiger partial charge in [-0.1, -0.05) is 30.3 Å². The molecule has 19 heavy (non-hydrogen) atoms. The lowest BCUT2D eigenvalue weighted by atomic mass is 9.98. The van der Waals surface area contributed by atoms with E-state index in [-0.39, 0.29) is 5.82 Å². The summed E-state index contributed by atoms with van der Waals surface area (Å²) < 4.78 is 18.6. The molecule has 0 N–H and O–H groups in total. The molecule has 0 atom stereocenters. The number of para-hydroxylation sites is 1. The smallest absolute Gasteiger partial charge is 0.339 e. The average Bonchev–Trinajstić information content (AvgIpc) is 2.40. The summed E-state index contributed by atoms with van der Waals surface area (Å²) in [6.45, 7) is 1.69. The molecule has 0 aliphatic rings. The van der Waals surface area contributed by atoms with Gasteiger partial charge in [0.15, 0.2) is 0 Å². The van der Waals surface area contributed by atoms with Crippen molar-refractivity contribution in [2.45, 2.75) is 6.92 Å². The van der Waals surface area contributed by atoms with E-state index >= 15 is 0 Å². The Labute approximate surface area is 109 Å². The van der Waals surface area contributed by atoms with Crippen LogP contribution in [0, 0.1) is 12.7 Å². The molecule has 1 heterocycles. The third kappa shape index (κ3) is 1.93. The van der Waals surface area contributed by atoms with Crippen LogP contribution in [0.5, 0.6) is 0 Å². The maximum Gasteiger partial charge on any atom is 0.339 e. The van der Waals surface area contributed by atoms with Crippen molar-refractivity contribution in [2.24, 2.45) is 0 Å². The fraction of sp³-hybridized carbons (Fsp3) is 0.0625. The number of rotatable bonds is 1. The first kappa shape index (κ1) is 11.7. The predicted molar refractivity (Wildman–Crippen MR) is 72.6 cm³/mol. The summed E-state index contributed by atoms with van der Waals surface area (Å²) in [6.07, 6.45) is 0. The van der Waals surface area contributed by atoms with Crippen molar-refractivity contribution < 1.29 is 8.81 Å². The van der Waals surface area contributed by atoms with Gasteiger partial charge < -0.3 is 4.42 Å².